The number of alkyl halides is 3. The second kappa shape index (κ2) is 5.85. The maximum absolute atomic E-state index is 13.7. The van der Waals surface area contributed by atoms with Crippen LogP contribution in [0.5, 0.6) is 0 Å². The van der Waals surface area contributed by atoms with Gasteiger partial charge < -0.3 is 9.88 Å². The van der Waals surface area contributed by atoms with Crippen LogP contribution in [0.2, 0.25) is 0 Å². The van der Waals surface area contributed by atoms with Gasteiger partial charge in [-0.2, -0.15) is 13.2 Å². The number of nitrogens with zero attached hydrogens (tertiary/aromatic N) is 2. The monoisotopic (exact) mass is 301 g/mol. The summed E-state index contributed by atoms with van der Waals surface area (Å²) < 4.78 is 53.2. The van der Waals surface area contributed by atoms with Crippen LogP contribution in [0.25, 0.3) is 0 Å². The van der Waals surface area contributed by atoms with Gasteiger partial charge in [-0.15, -0.1) is 0 Å². The summed E-state index contributed by atoms with van der Waals surface area (Å²) in [5, 5.41) is 3.12. The molecule has 1 unspecified atom stereocenters. The van der Waals surface area contributed by atoms with E-state index in [1.54, 1.807) is 24.1 Å². The third-order valence-corrected chi connectivity index (χ3v) is 3.19. The van der Waals surface area contributed by atoms with E-state index in [0.29, 0.717) is 12.1 Å². The van der Waals surface area contributed by atoms with Gasteiger partial charge in [-0.05, 0) is 24.2 Å². The second-order valence-electron chi connectivity index (χ2n) is 4.66. The van der Waals surface area contributed by atoms with Gasteiger partial charge in [0.15, 0.2) is 0 Å². The third kappa shape index (κ3) is 3.24. The molecule has 0 aliphatic rings. The van der Waals surface area contributed by atoms with E-state index in [0.717, 1.165) is 17.8 Å². The van der Waals surface area contributed by atoms with E-state index >= 15 is 0 Å². The first-order chi connectivity index (χ1) is 9.84. The van der Waals surface area contributed by atoms with Crippen molar-refractivity contribution in [3.63, 3.8) is 0 Å². The van der Waals surface area contributed by atoms with Gasteiger partial charge in [-0.25, -0.2) is 9.37 Å². The van der Waals surface area contributed by atoms with Gasteiger partial charge in [-0.3, -0.25) is 0 Å². The molecule has 0 amide bonds. The van der Waals surface area contributed by atoms with E-state index < -0.39 is 23.6 Å². The fourth-order valence-electron chi connectivity index (χ4n) is 2.18. The van der Waals surface area contributed by atoms with Gasteiger partial charge in [0, 0.05) is 7.05 Å². The lowest BCUT2D eigenvalue weighted by Crippen LogP contribution is -2.24. The third-order valence-electron chi connectivity index (χ3n) is 3.19. The van der Waals surface area contributed by atoms with Crippen molar-refractivity contribution in [3.05, 3.63) is 53.4 Å². The summed E-state index contributed by atoms with van der Waals surface area (Å²) >= 11 is 0. The Morgan fingerprint density at radius 1 is 1.33 bits per heavy atom. The van der Waals surface area contributed by atoms with E-state index in [9.17, 15) is 17.6 Å². The summed E-state index contributed by atoms with van der Waals surface area (Å²) in [6, 6.07) is 2.56. The molecule has 0 fully saturated rings. The minimum atomic E-state index is -4.69. The molecule has 0 radical (unpaired) electrons. The summed E-state index contributed by atoms with van der Waals surface area (Å²) in [6.45, 7) is 2.45. The van der Waals surface area contributed by atoms with Crippen LogP contribution >= 0.6 is 0 Å². The van der Waals surface area contributed by atoms with Crippen LogP contribution in [-0.2, 0) is 13.2 Å². The fraction of sp³-hybridized carbons (Fsp3) is 0.357. The molecule has 1 aromatic carbocycles. The molecule has 1 aromatic heterocycles. The highest BCUT2D eigenvalue weighted by Gasteiger charge is 2.34. The van der Waals surface area contributed by atoms with Crippen molar-refractivity contribution >= 4 is 0 Å². The van der Waals surface area contributed by atoms with Crippen molar-refractivity contribution in [3.8, 4) is 0 Å². The lowest BCUT2D eigenvalue weighted by molar-refractivity contribution is -0.140. The molecular weight excluding hydrogens is 286 g/mol. The van der Waals surface area contributed by atoms with Crippen molar-refractivity contribution in [2.45, 2.75) is 19.1 Å². The minimum Gasteiger partial charge on any atom is -0.336 e. The maximum atomic E-state index is 13.7. The highest BCUT2D eigenvalue weighted by atomic mass is 19.4. The second-order valence-corrected chi connectivity index (χ2v) is 4.66. The smallest absolute Gasteiger partial charge is 0.336 e. The average Bonchev–Trinajstić information content (AvgIpc) is 2.80. The molecule has 21 heavy (non-hydrogen) atoms. The molecule has 114 valence electrons. The molecule has 0 saturated carbocycles. The van der Waals surface area contributed by atoms with Gasteiger partial charge >= 0.3 is 6.18 Å². The Hall–Kier alpha value is -1.89. The summed E-state index contributed by atoms with van der Waals surface area (Å²) in [6.07, 6.45) is -1.51. The molecule has 0 aliphatic carbocycles. The van der Waals surface area contributed by atoms with Gasteiger partial charge in [0.2, 0.25) is 0 Å². The van der Waals surface area contributed by atoms with Crippen molar-refractivity contribution < 1.29 is 17.6 Å². The number of rotatable bonds is 4. The van der Waals surface area contributed by atoms with E-state index in [1.807, 2.05) is 6.92 Å². The zero-order valence-electron chi connectivity index (χ0n) is 11.6. The van der Waals surface area contributed by atoms with E-state index in [-0.39, 0.29) is 0 Å². The Morgan fingerprint density at radius 3 is 2.52 bits per heavy atom. The summed E-state index contributed by atoms with van der Waals surface area (Å²) in [5.41, 5.74) is -0.0894. The minimum absolute atomic E-state index is 0.417. The lowest BCUT2D eigenvalue weighted by atomic mass is 10.0. The molecular formula is C14H15F4N3. The average molecular weight is 301 g/mol. The first-order valence-electron chi connectivity index (χ1n) is 6.40. The fourth-order valence-corrected chi connectivity index (χ4v) is 2.18. The number of nitrogens with one attached hydrogen (secondary N) is 1. The molecule has 0 saturated heterocycles. The molecule has 7 heteroatoms. The predicted octanol–water partition coefficient (Wildman–Crippen LogP) is 3.28. The molecule has 2 rings (SSSR count). The van der Waals surface area contributed by atoms with Crippen molar-refractivity contribution in [2.24, 2.45) is 7.05 Å². The topological polar surface area (TPSA) is 29.9 Å². The van der Waals surface area contributed by atoms with Crippen LogP contribution < -0.4 is 5.32 Å². The standard InChI is InChI=1S/C14H15F4N3/c1-3-20-13(12-7-19-8-21(12)2)9-4-5-10(11(15)6-9)14(16,17)18/h4-8,13,20H,3H2,1-2H3. The van der Waals surface area contributed by atoms with Gasteiger partial charge in [-0.1, -0.05) is 13.0 Å². The Bertz CT molecular complexity index is 619. The highest BCUT2D eigenvalue weighted by molar-refractivity contribution is 5.32. The number of halogens is 4. The number of hydrogen-bond acceptors (Lipinski definition) is 2. The Morgan fingerprint density at radius 2 is 2.05 bits per heavy atom. The van der Waals surface area contributed by atoms with Crippen LogP contribution in [-0.4, -0.2) is 16.1 Å². The SMILES string of the molecule is CCNC(c1ccc(C(F)(F)F)c(F)c1)c1cncn1C. The molecule has 1 atom stereocenters. The molecule has 1 N–H and O–H groups in total. The normalized spacial score (nSPS) is 13.4. The zero-order chi connectivity index (χ0) is 15.6. The molecule has 1 heterocycles. The van der Waals surface area contributed by atoms with Crippen LogP contribution in [0, 0.1) is 5.82 Å². The lowest BCUT2D eigenvalue weighted by Gasteiger charge is -2.20. The first kappa shape index (κ1) is 15.5. The van der Waals surface area contributed by atoms with Crippen LogP contribution in [0.15, 0.2) is 30.7 Å². The number of imidazole rings is 1. The number of aromatic nitrogens is 2. The zero-order valence-corrected chi connectivity index (χ0v) is 11.6. The molecule has 3 nitrogen and oxygen atoms in total. The number of hydrogen-bond donors (Lipinski definition) is 1. The Kier molecular flexibility index (Phi) is 4.32. The van der Waals surface area contributed by atoms with E-state index in [2.05, 4.69) is 10.3 Å². The van der Waals surface area contributed by atoms with E-state index in [1.165, 1.54) is 6.07 Å². The largest absolute Gasteiger partial charge is 0.419 e. The van der Waals surface area contributed by atoms with Gasteiger partial charge in [0.05, 0.1) is 29.8 Å². The van der Waals surface area contributed by atoms with Crippen LogP contribution in [0.1, 0.15) is 29.8 Å². The predicted molar refractivity (Wildman–Crippen MR) is 70.1 cm³/mol. The summed E-state index contributed by atoms with van der Waals surface area (Å²) in [4.78, 5) is 3.98. The quantitative estimate of drug-likeness (QED) is 0.878. The molecule has 0 bridgehead atoms. The van der Waals surface area contributed by atoms with Gasteiger partial charge in [0.25, 0.3) is 0 Å². The highest BCUT2D eigenvalue weighted by Crippen LogP contribution is 2.33. The summed E-state index contributed by atoms with van der Waals surface area (Å²) in [7, 11) is 1.77. The van der Waals surface area contributed by atoms with Crippen molar-refractivity contribution in [2.75, 3.05) is 6.54 Å². The van der Waals surface area contributed by atoms with Crippen molar-refractivity contribution in [1.29, 1.82) is 0 Å². The van der Waals surface area contributed by atoms with Crippen LogP contribution in [0.4, 0.5) is 17.6 Å². The Balaban J connectivity index is 2.43. The van der Waals surface area contributed by atoms with E-state index in [4.69, 9.17) is 0 Å². The first-order valence-corrected chi connectivity index (χ1v) is 6.40. The number of benzene rings is 1. The number of aryl methyl sites for hydroxylation is 1. The van der Waals surface area contributed by atoms with Gasteiger partial charge in [0.1, 0.15) is 5.82 Å². The molecule has 0 aliphatic heterocycles. The molecule has 0 spiro atoms. The summed E-state index contributed by atoms with van der Waals surface area (Å²) in [5.74, 6) is -1.27. The maximum Gasteiger partial charge on any atom is 0.419 e. The van der Waals surface area contributed by atoms with Crippen molar-refractivity contribution in [1.82, 2.24) is 14.9 Å². The Labute approximate surface area is 119 Å². The molecule has 2 aromatic rings. The van der Waals surface area contributed by atoms with Crippen LogP contribution in [0.3, 0.4) is 0 Å².